The highest BCUT2D eigenvalue weighted by Crippen LogP contribution is 2.36. The maximum absolute atomic E-state index is 12.9. The maximum Gasteiger partial charge on any atom is 0.417 e. The molecule has 2 rings (SSSR count). The molecule has 1 aromatic heterocycles. The molecule has 0 aliphatic carbocycles. The first-order chi connectivity index (χ1) is 7.99. The molecule has 0 aliphatic rings. The van der Waals surface area contributed by atoms with E-state index in [-0.39, 0.29) is 11.9 Å². The van der Waals surface area contributed by atoms with Gasteiger partial charge in [-0.05, 0) is 24.6 Å². The van der Waals surface area contributed by atoms with E-state index < -0.39 is 11.7 Å². The largest absolute Gasteiger partial charge is 0.417 e. The minimum absolute atomic E-state index is 0.108. The normalized spacial score (nSPS) is 12.3. The van der Waals surface area contributed by atoms with Crippen LogP contribution in [0.5, 0.6) is 0 Å². The molecule has 0 fully saturated rings. The van der Waals surface area contributed by atoms with Crippen LogP contribution in [0, 0.1) is 0 Å². The topological polar surface area (TPSA) is 30.9 Å². The Hall–Kier alpha value is -1.49. The molecule has 1 aromatic carbocycles. The van der Waals surface area contributed by atoms with Gasteiger partial charge in [0.25, 0.3) is 0 Å². The van der Waals surface area contributed by atoms with Crippen LogP contribution in [0.4, 0.5) is 13.2 Å². The van der Waals surface area contributed by atoms with Crippen LogP contribution in [0.25, 0.3) is 10.9 Å². The minimum atomic E-state index is -4.34. The molecule has 0 radical (unpaired) electrons. The highest BCUT2D eigenvalue weighted by atomic mass is 19.4. The summed E-state index contributed by atoms with van der Waals surface area (Å²) in [5.41, 5.74) is 6.03. The van der Waals surface area contributed by atoms with Gasteiger partial charge < -0.3 is 10.3 Å². The smallest absolute Gasteiger partial charge is 0.347 e. The molecule has 5 heteroatoms. The number of hydrogen-bond donors (Lipinski definition) is 1. The van der Waals surface area contributed by atoms with Gasteiger partial charge in [0.15, 0.2) is 0 Å². The lowest BCUT2D eigenvalue weighted by molar-refractivity contribution is -0.136. The van der Waals surface area contributed by atoms with Gasteiger partial charge in [-0.15, -0.1) is 0 Å². The zero-order valence-electron chi connectivity index (χ0n) is 9.38. The highest BCUT2D eigenvalue weighted by molar-refractivity contribution is 5.87. The van der Waals surface area contributed by atoms with E-state index in [1.807, 2.05) is 6.92 Å². The fraction of sp³-hybridized carbons (Fsp3) is 0.333. The van der Waals surface area contributed by atoms with Gasteiger partial charge in [-0.1, -0.05) is 6.07 Å². The maximum atomic E-state index is 12.9. The summed E-state index contributed by atoms with van der Waals surface area (Å²) in [5, 5.41) is 0.226. The quantitative estimate of drug-likeness (QED) is 0.861. The van der Waals surface area contributed by atoms with Crippen molar-refractivity contribution in [1.82, 2.24) is 4.57 Å². The lowest BCUT2D eigenvalue weighted by atomic mass is 10.1. The van der Waals surface area contributed by atoms with Gasteiger partial charge in [-0.3, -0.25) is 0 Å². The Morgan fingerprint density at radius 1 is 1.29 bits per heavy atom. The molecular weight excluding hydrogens is 229 g/mol. The molecule has 92 valence electrons. The first-order valence-electron chi connectivity index (χ1n) is 5.37. The Bertz CT molecular complexity index is 540. The molecule has 2 N–H and O–H groups in total. The van der Waals surface area contributed by atoms with Gasteiger partial charge in [0.2, 0.25) is 0 Å². The molecule has 2 nitrogen and oxygen atoms in total. The molecule has 0 spiro atoms. The molecule has 17 heavy (non-hydrogen) atoms. The number of alkyl halides is 3. The van der Waals surface area contributed by atoms with Crippen LogP contribution in [0.3, 0.4) is 0 Å². The molecule has 0 aliphatic heterocycles. The fourth-order valence-corrected chi connectivity index (χ4v) is 2.09. The Morgan fingerprint density at radius 3 is 2.53 bits per heavy atom. The summed E-state index contributed by atoms with van der Waals surface area (Å²) in [7, 11) is 0. The number of rotatable bonds is 2. The van der Waals surface area contributed by atoms with Gasteiger partial charge in [-0.2, -0.15) is 13.2 Å². The third-order valence-corrected chi connectivity index (χ3v) is 2.85. The summed E-state index contributed by atoms with van der Waals surface area (Å²) in [6, 6.07) is 4.21. The monoisotopic (exact) mass is 242 g/mol. The third kappa shape index (κ3) is 1.91. The van der Waals surface area contributed by atoms with Gasteiger partial charge in [0, 0.05) is 30.2 Å². The third-order valence-electron chi connectivity index (χ3n) is 2.85. The molecule has 0 saturated heterocycles. The van der Waals surface area contributed by atoms with E-state index in [9.17, 15) is 13.2 Å². The van der Waals surface area contributed by atoms with E-state index in [0.29, 0.717) is 17.6 Å². The zero-order chi connectivity index (χ0) is 12.6. The van der Waals surface area contributed by atoms with Crippen LogP contribution < -0.4 is 5.73 Å². The molecule has 1 heterocycles. The average Bonchev–Trinajstić information content (AvgIpc) is 2.65. The van der Waals surface area contributed by atoms with Crippen molar-refractivity contribution < 1.29 is 13.2 Å². The Kier molecular flexibility index (Phi) is 2.87. The number of halogens is 3. The van der Waals surface area contributed by atoms with E-state index in [1.165, 1.54) is 6.07 Å². The van der Waals surface area contributed by atoms with E-state index in [1.54, 1.807) is 16.8 Å². The number of hydrogen-bond acceptors (Lipinski definition) is 1. The first-order valence-corrected chi connectivity index (χ1v) is 5.37. The van der Waals surface area contributed by atoms with Crippen molar-refractivity contribution in [3.8, 4) is 0 Å². The van der Waals surface area contributed by atoms with Gasteiger partial charge in [0.05, 0.1) is 5.56 Å². The molecule has 0 unspecified atom stereocenters. The van der Waals surface area contributed by atoms with Gasteiger partial charge in [-0.25, -0.2) is 0 Å². The predicted octanol–water partition coefficient (Wildman–Crippen LogP) is 3.14. The lowest BCUT2D eigenvalue weighted by Crippen LogP contribution is -2.07. The summed E-state index contributed by atoms with van der Waals surface area (Å²) in [6.07, 6.45) is -2.65. The standard InChI is InChI=1S/C12H13F3N2/c1-2-17-7-8(6-16)11-9(12(13,14)15)4-3-5-10(11)17/h3-5,7H,2,6,16H2,1H3. The first kappa shape index (κ1) is 12.0. The van der Waals surface area contributed by atoms with Crippen molar-refractivity contribution in [2.45, 2.75) is 26.2 Å². The van der Waals surface area contributed by atoms with Gasteiger partial charge in [0.1, 0.15) is 0 Å². The Labute approximate surface area is 96.8 Å². The zero-order valence-corrected chi connectivity index (χ0v) is 9.38. The van der Waals surface area contributed by atoms with E-state index >= 15 is 0 Å². The van der Waals surface area contributed by atoms with Crippen molar-refractivity contribution in [1.29, 1.82) is 0 Å². The molecule has 0 saturated carbocycles. The molecule has 2 aromatic rings. The predicted molar refractivity (Wildman–Crippen MR) is 60.5 cm³/mol. The average molecular weight is 242 g/mol. The van der Waals surface area contributed by atoms with Crippen molar-refractivity contribution >= 4 is 10.9 Å². The van der Waals surface area contributed by atoms with Crippen LogP contribution in [0.2, 0.25) is 0 Å². The molecule has 0 atom stereocenters. The molecular formula is C12H13F3N2. The number of aromatic nitrogens is 1. The fourth-order valence-electron chi connectivity index (χ4n) is 2.09. The van der Waals surface area contributed by atoms with Crippen LogP contribution in [-0.4, -0.2) is 4.57 Å². The van der Waals surface area contributed by atoms with Crippen LogP contribution in [0.1, 0.15) is 18.1 Å². The number of benzene rings is 1. The summed E-state index contributed by atoms with van der Waals surface area (Å²) >= 11 is 0. The van der Waals surface area contributed by atoms with E-state index in [4.69, 9.17) is 5.73 Å². The SMILES string of the molecule is CCn1cc(CN)c2c(C(F)(F)F)cccc21. The lowest BCUT2D eigenvalue weighted by Gasteiger charge is -2.09. The second-order valence-electron chi connectivity index (χ2n) is 3.84. The Morgan fingerprint density at radius 2 is 2.00 bits per heavy atom. The van der Waals surface area contributed by atoms with Crippen LogP contribution in [-0.2, 0) is 19.3 Å². The summed E-state index contributed by atoms with van der Waals surface area (Å²) in [6.45, 7) is 2.62. The van der Waals surface area contributed by atoms with Crippen LogP contribution >= 0.6 is 0 Å². The molecule has 0 bridgehead atoms. The number of fused-ring (bicyclic) bond motifs is 1. The van der Waals surface area contributed by atoms with E-state index in [0.717, 1.165) is 6.07 Å². The Balaban J connectivity index is 2.83. The van der Waals surface area contributed by atoms with Crippen LogP contribution in [0.15, 0.2) is 24.4 Å². The summed E-state index contributed by atoms with van der Waals surface area (Å²) in [4.78, 5) is 0. The number of nitrogens with two attached hydrogens (primary N) is 1. The highest BCUT2D eigenvalue weighted by Gasteiger charge is 2.33. The molecule has 0 amide bonds. The second kappa shape index (κ2) is 4.07. The van der Waals surface area contributed by atoms with E-state index in [2.05, 4.69) is 0 Å². The summed E-state index contributed by atoms with van der Waals surface area (Å²) < 4.78 is 40.5. The van der Waals surface area contributed by atoms with Crippen molar-refractivity contribution in [3.05, 3.63) is 35.5 Å². The number of aryl methyl sites for hydroxylation is 1. The van der Waals surface area contributed by atoms with Crippen molar-refractivity contribution in [3.63, 3.8) is 0 Å². The summed E-state index contributed by atoms with van der Waals surface area (Å²) in [5.74, 6) is 0. The number of nitrogens with zero attached hydrogens (tertiary/aromatic N) is 1. The minimum Gasteiger partial charge on any atom is -0.347 e. The van der Waals surface area contributed by atoms with Crippen molar-refractivity contribution in [2.24, 2.45) is 5.73 Å². The van der Waals surface area contributed by atoms with Crippen molar-refractivity contribution in [2.75, 3.05) is 0 Å². The second-order valence-corrected chi connectivity index (χ2v) is 3.84. The van der Waals surface area contributed by atoms with Gasteiger partial charge >= 0.3 is 6.18 Å².